The third-order valence-corrected chi connectivity index (χ3v) is 5.67. The topological polar surface area (TPSA) is 28.2 Å². The summed E-state index contributed by atoms with van der Waals surface area (Å²) >= 11 is 1.90. The molecular formula is C17H31N3S. The van der Waals surface area contributed by atoms with Crippen LogP contribution in [0.4, 0.5) is 5.13 Å². The summed E-state index contributed by atoms with van der Waals surface area (Å²) in [5.41, 5.74) is 1.30. The first-order chi connectivity index (χ1) is 10.2. The molecule has 0 unspecified atom stereocenters. The number of aryl methyl sites for hydroxylation is 1. The van der Waals surface area contributed by atoms with E-state index in [1.807, 2.05) is 11.3 Å². The molecular weight excluding hydrogens is 278 g/mol. The summed E-state index contributed by atoms with van der Waals surface area (Å²) in [6.45, 7) is 12.3. The lowest BCUT2D eigenvalue weighted by molar-refractivity contribution is 0.485. The molecule has 1 aromatic rings. The Morgan fingerprint density at radius 2 is 1.95 bits per heavy atom. The molecule has 1 aliphatic rings. The molecule has 0 atom stereocenters. The smallest absolute Gasteiger partial charge is 0.185 e. The van der Waals surface area contributed by atoms with Gasteiger partial charge in [0, 0.05) is 30.6 Å². The van der Waals surface area contributed by atoms with Crippen LogP contribution < -0.4 is 10.2 Å². The number of hydrogen-bond acceptors (Lipinski definition) is 4. The van der Waals surface area contributed by atoms with E-state index in [1.54, 1.807) is 0 Å². The molecule has 1 aromatic heterocycles. The highest BCUT2D eigenvalue weighted by molar-refractivity contribution is 7.15. The summed E-state index contributed by atoms with van der Waals surface area (Å²) in [6, 6.07) is 0.770. The number of rotatable bonds is 10. The molecule has 21 heavy (non-hydrogen) atoms. The van der Waals surface area contributed by atoms with Crippen molar-refractivity contribution in [1.29, 1.82) is 0 Å². The van der Waals surface area contributed by atoms with Gasteiger partial charge in [0.1, 0.15) is 0 Å². The van der Waals surface area contributed by atoms with Crippen molar-refractivity contribution in [2.75, 3.05) is 18.0 Å². The van der Waals surface area contributed by atoms with Crippen LogP contribution in [-0.4, -0.2) is 24.1 Å². The molecule has 1 heterocycles. The van der Waals surface area contributed by atoms with Crippen molar-refractivity contribution in [3.63, 3.8) is 0 Å². The van der Waals surface area contributed by atoms with Crippen molar-refractivity contribution >= 4 is 16.5 Å². The number of nitrogens with one attached hydrogen (secondary N) is 1. The lowest BCUT2D eigenvalue weighted by atomic mass is 10.0. The number of hydrogen-bond donors (Lipinski definition) is 1. The van der Waals surface area contributed by atoms with Gasteiger partial charge in [0.05, 0.1) is 5.69 Å². The van der Waals surface area contributed by atoms with Crippen molar-refractivity contribution in [2.45, 2.75) is 72.4 Å². The van der Waals surface area contributed by atoms with Crippen LogP contribution in [0.5, 0.6) is 0 Å². The maximum absolute atomic E-state index is 4.92. The van der Waals surface area contributed by atoms with E-state index < -0.39 is 0 Å². The predicted octanol–water partition coefficient (Wildman–Crippen LogP) is 4.22. The number of thiazole rings is 1. The molecule has 3 nitrogen and oxygen atoms in total. The van der Waals surface area contributed by atoms with Gasteiger partial charge in [-0.2, -0.15) is 0 Å². The summed E-state index contributed by atoms with van der Waals surface area (Å²) in [5.74, 6) is 0.784. The Labute approximate surface area is 134 Å². The number of anilines is 1. The highest BCUT2D eigenvalue weighted by atomic mass is 32.1. The molecule has 2 rings (SSSR count). The van der Waals surface area contributed by atoms with E-state index in [4.69, 9.17) is 4.98 Å². The third-order valence-electron chi connectivity index (χ3n) is 4.52. The second kappa shape index (κ2) is 8.14. The summed E-state index contributed by atoms with van der Waals surface area (Å²) in [5, 5.41) is 4.86. The molecule has 0 amide bonds. The largest absolute Gasteiger partial charge is 0.348 e. The Hall–Kier alpha value is -0.610. The van der Waals surface area contributed by atoms with E-state index in [0.717, 1.165) is 38.0 Å². The number of nitrogens with zero attached hydrogens (tertiary/aromatic N) is 2. The van der Waals surface area contributed by atoms with Crippen LogP contribution >= 0.6 is 11.3 Å². The second-order valence-corrected chi connectivity index (χ2v) is 7.16. The van der Waals surface area contributed by atoms with E-state index >= 15 is 0 Å². The van der Waals surface area contributed by atoms with Gasteiger partial charge in [0.15, 0.2) is 5.13 Å². The minimum atomic E-state index is 0.770. The molecule has 0 aliphatic heterocycles. The SMILES string of the molecule is CCc1nc(N(CC)CC(CC)CC)sc1CNC1CC1. The fourth-order valence-electron chi connectivity index (χ4n) is 2.64. The molecule has 1 N–H and O–H groups in total. The Morgan fingerprint density at radius 3 is 2.48 bits per heavy atom. The number of aromatic nitrogens is 1. The average molecular weight is 310 g/mol. The van der Waals surface area contributed by atoms with Crippen LogP contribution in [0.15, 0.2) is 0 Å². The van der Waals surface area contributed by atoms with Crippen molar-refractivity contribution < 1.29 is 0 Å². The van der Waals surface area contributed by atoms with Crippen molar-refractivity contribution in [3.8, 4) is 0 Å². The molecule has 0 spiro atoms. The zero-order valence-electron chi connectivity index (χ0n) is 14.1. The van der Waals surface area contributed by atoms with Crippen LogP contribution in [0.1, 0.15) is 63.9 Å². The van der Waals surface area contributed by atoms with Crippen molar-refractivity contribution in [2.24, 2.45) is 5.92 Å². The predicted molar refractivity (Wildman–Crippen MR) is 93.3 cm³/mol. The highest BCUT2D eigenvalue weighted by Gasteiger charge is 2.22. The van der Waals surface area contributed by atoms with Gasteiger partial charge in [0.25, 0.3) is 0 Å². The van der Waals surface area contributed by atoms with E-state index in [0.29, 0.717) is 0 Å². The Bertz CT molecular complexity index is 422. The van der Waals surface area contributed by atoms with Crippen LogP contribution in [-0.2, 0) is 13.0 Å². The van der Waals surface area contributed by atoms with Crippen LogP contribution in [0.2, 0.25) is 0 Å². The summed E-state index contributed by atoms with van der Waals surface area (Å²) in [6.07, 6.45) is 6.26. The van der Waals surface area contributed by atoms with Gasteiger partial charge in [-0.15, -0.1) is 11.3 Å². The second-order valence-electron chi connectivity index (χ2n) is 6.10. The Balaban J connectivity index is 2.04. The fraction of sp³-hybridized carbons (Fsp3) is 0.824. The van der Waals surface area contributed by atoms with Crippen LogP contribution in [0.3, 0.4) is 0 Å². The summed E-state index contributed by atoms with van der Waals surface area (Å²) in [4.78, 5) is 8.85. The monoisotopic (exact) mass is 309 g/mol. The lowest BCUT2D eigenvalue weighted by Crippen LogP contribution is -2.28. The van der Waals surface area contributed by atoms with Gasteiger partial charge in [-0.05, 0) is 32.1 Å². The zero-order valence-corrected chi connectivity index (χ0v) is 14.9. The molecule has 1 fully saturated rings. The van der Waals surface area contributed by atoms with Crippen LogP contribution in [0, 0.1) is 5.92 Å². The van der Waals surface area contributed by atoms with Gasteiger partial charge in [0.2, 0.25) is 0 Å². The average Bonchev–Trinajstić information content (AvgIpc) is 3.25. The van der Waals surface area contributed by atoms with E-state index in [1.165, 1.54) is 41.4 Å². The van der Waals surface area contributed by atoms with Gasteiger partial charge < -0.3 is 10.2 Å². The molecule has 0 aromatic carbocycles. The van der Waals surface area contributed by atoms with Gasteiger partial charge in [-0.1, -0.05) is 33.6 Å². The third kappa shape index (κ3) is 4.68. The van der Waals surface area contributed by atoms with Gasteiger partial charge >= 0.3 is 0 Å². The first-order valence-electron chi connectivity index (χ1n) is 8.68. The maximum atomic E-state index is 4.92. The first kappa shape index (κ1) is 16.8. The molecule has 0 bridgehead atoms. The van der Waals surface area contributed by atoms with Gasteiger partial charge in [-0.3, -0.25) is 0 Å². The normalized spacial score (nSPS) is 14.9. The van der Waals surface area contributed by atoms with Crippen molar-refractivity contribution in [3.05, 3.63) is 10.6 Å². The van der Waals surface area contributed by atoms with E-state index in [9.17, 15) is 0 Å². The molecule has 4 heteroatoms. The molecule has 120 valence electrons. The standard InChI is InChI=1S/C17H31N3S/c1-5-13(6-2)12-20(8-4)17-19-15(7-3)16(21-17)11-18-14-9-10-14/h13-14,18H,5-12H2,1-4H3. The Kier molecular flexibility index (Phi) is 6.49. The zero-order chi connectivity index (χ0) is 15.2. The van der Waals surface area contributed by atoms with E-state index in [2.05, 4.69) is 37.9 Å². The highest BCUT2D eigenvalue weighted by Crippen LogP contribution is 2.29. The van der Waals surface area contributed by atoms with E-state index in [-0.39, 0.29) is 0 Å². The molecule has 1 saturated carbocycles. The van der Waals surface area contributed by atoms with Crippen molar-refractivity contribution in [1.82, 2.24) is 10.3 Å². The first-order valence-corrected chi connectivity index (χ1v) is 9.50. The maximum Gasteiger partial charge on any atom is 0.185 e. The Morgan fingerprint density at radius 1 is 1.24 bits per heavy atom. The lowest BCUT2D eigenvalue weighted by Gasteiger charge is -2.24. The fourth-order valence-corrected chi connectivity index (χ4v) is 3.82. The van der Waals surface area contributed by atoms with Gasteiger partial charge in [-0.25, -0.2) is 4.98 Å². The minimum absolute atomic E-state index is 0.770. The minimum Gasteiger partial charge on any atom is -0.348 e. The quantitative estimate of drug-likeness (QED) is 0.701. The summed E-state index contributed by atoms with van der Waals surface area (Å²) in [7, 11) is 0. The van der Waals surface area contributed by atoms with Crippen LogP contribution in [0.25, 0.3) is 0 Å². The molecule has 0 saturated heterocycles. The molecule has 0 radical (unpaired) electrons. The molecule has 1 aliphatic carbocycles. The summed E-state index contributed by atoms with van der Waals surface area (Å²) < 4.78 is 0.